The van der Waals surface area contributed by atoms with Crippen LogP contribution in [-0.2, 0) is 4.43 Å². The first-order valence-corrected chi connectivity index (χ1v) is 13.3. The van der Waals surface area contributed by atoms with E-state index < -0.39 is 8.32 Å². The van der Waals surface area contributed by atoms with Crippen molar-refractivity contribution in [2.75, 3.05) is 6.61 Å². The van der Waals surface area contributed by atoms with E-state index in [0.717, 1.165) is 6.61 Å². The number of allylic oxidation sites excluding steroid dienone is 1. The van der Waals surface area contributed by atoms with Crippen LogP contribution in [0.5, 0.6) is 0 Å². The number of aliphatic imine (C=N–C) groups is 1. The van der Waals surface area contributed by atoms with E-state index in [1.54, 1.807) is 0 Å². The van der Waals surface area contributed by atoms with Crippen LogP contribution in [0.25, 0.3) is 0 Å². The zero-order chi connectivity index (χ0) is 19.4. The monoisotopic (exact) mass is 390 g/mol. The summed E-state index contributed by atoms with van der Waals surface area (Å²) < 4.78 is 6.45. The number of thioether (sulfide) groups is 1. The minimum atomic E-state index is -1.73. The molecule has 26 heavy (non-hydrogen) atoms. The van der Waals surface area contributed by atoms with Crippen LogP contribution in [-0.4, -0.2) is 37.6 Å². The average Bonchev–Trinajstić information content (AvgIpc) is 2.60. The van der Waals surface area contributed by atoms with Crippen LogP contribution in [0.1, 0.15) is 45.4 Å². The number of hydrogen-bond donors (Lipinski definition) is 0. The summed E-state index contributed by atoms with van der Waals surface area (Å²) in [5.41, 5.74) is 1.43. The van der Waals surface area contributed by atoms with Crippen molar-refractivity contribution < 1.29 is 4.43 Å². The summed E-state index contributed by atoms with van der Waals surface area (Å²) in [5.74, 6) is 0. The minimum absolute atomic E-state index is 0.0909. The highest BCUT2D eigenvalue weighted by Gasteiger charge is 2.38. The molecule has 1 heterocycles. The lowest BCUT2D eigenvalue weighted by atomic mass is 10.2. The SMILES string of the molecule is CC(SC1N=CC=CN1[C@H](C)CO[Si](C)(C)C(C)(C)C)c1ccccc1. The van der Waals surface area contributed by atoms with Gasteiger partial charge in [-0.15, -0.1) is 11.8 Å². The number of nitrogens with zero attached hydrogens (tertiary/aromatic N) is 2. The summed E-state index contributed by atoms with van der Waals surface area (Å²) in [6.07, 6.45) is 6.09. The molecule has 0 fully saturated rings. The van der Waals surface area contributed by atoms with Gasteiger partial charge in [-0.2, -0.15) is 0 Å². The molecule has 0 saturated carbocycles. The number of benzene rings is 1. The van der Waals surface area contributed by atoms with E-state index in [-0.39, 0.29) is 10.5 Å². The van der Waals surface area contributed by atoms with Crippen molar-refractivity contribution in [3.8, 4) is 0 Å². The Morgan fingerprint density at radius 3 is 2.46 bits per heavy atom. The van der Waals surface area contributed by atoms with E-state index >= 15 is 0 Å². The first-order valence-electron chi connectivity index (χ1n) is 9.43. The van der Waals surface area contributed by atoms with Gasteiger partial charge in [0.2, 0.25) is 0 Å². The topological polar surface area (TPSA) is 24.8 Å². The summed E-state index contributed by atoms with van der Waals surface area (Å²) >= 11 is 1.88. The maximum absolute atomic E-state index is 6.45. The van der Waals surface area contributed by atoms with Gasteiger partial charge in [0.15, 0.2) is 13.8 Å². The molecule has 2 unspecified atom stereocenters. The molecular weight excluding hydrogens is 356 g/mol. The van der Waals surface area contributed by atoms with Crippen LogP contribution >= 0.6 is 11.8 Å². The highest BCUT2D eigenvalue weighted by molar-refractivity contribution is 8.00. The van der Waals surface area contributed by atoms with Gasteiger partial charge in [-0.25, -0.2) is 0 Å². The highest BCUT2D eigenvalue weighted by atomic mass is 32.2. The molecule has 1 aromatic rings. The third-order valence-corrected chi connectivity index (χ3v) is 11.2. The molecule has 0 saturated heterocycles. The lowest BCUT2D eigenvalue weighted by Crippen LogP contribution is -2.46. The molecule has 0 spiro atoms. The van der Waals surface area contributed by atoms with Gasteiger partial charge in [0.25, 0.3) is 0 Å². The predicted molar refractivity (Wildman–Crippen MR) is 118 cm³/mol. The second-order valence-electron chi connectivity index (χ2n) is 8.52. The second kappa shape index (κ2) is 8.76. The summed E-state index contributed by atoms with van der Waals surface area (Å²) in [6.45, 7) is 16.7. The zero-order valence-electron chi connectivity index (χ0n) is 17.3. The van der Waals surface area contributed by atoms with Crippen molar-refractivity contribution in [2.24, 2.45) is 4.99 Å². The van der Waals surface area contributed by atoms with Gasteiger partial charge in [0.1, 0.15) is 0 Å². The molecule has 0 amide bonds. The number of hydrogen-bond acceptors (Lipinski definition) is 4. The largest absolute Gasteiger partial charge is 0.415 e. The van der Waals surface area contributed by atoms with Crippen LogP contribution in [0.2, 0.25) is 18.1 Å². The van der Waals surface area contributed by atoms with Crippen molar-refractivity contribution in [3.63, 3.8) is 0 Å². The fraction of sp³-hybridized carbons (Fsp3) is 0.571. The van der Waals surface area contributed by atoms with Gasteiger partial charge < -0.3 is 9.33 Å². The van der Waals surface area contributed by atoms with E-state index in [1.807, 2.05) is 24.1 Å². The van der Waals surface area contributed by atoms with Gasteiger partial charge in [-0.3, -0.25) is 4.99 Å². The first kappa shape index (κ1) is 21.3. The van der Waals surface area contributed by atoms with E-state index in [9.17, 15) is 0 Å². The molecule has 0 N–H and O–H groups in total. The molecule has 0 aliphatic carbocycles. The van der Waals surface area contributed by atoms with Gasteiger partial charge >= 0.3 is 0 Å². The van der Waals surface area contributed by atoms with E-state index in [0.29, 0.717) is 11.3 Å². The predicted octanol–water partition coefficient (Wildman–Crippen LogP) is 6.07. The molecular formula is C21H34N2OSSi. The van der Waals surface area contributed by atoms with Crippen molar-refractivity contribution >= 4 is 26.3 Å². The Hall–Kier alpha value is -1.04. The summed E-state index contributed by atoms with van der Waals surface area (Å²) in [4.78, 5) is 7.05. The third-order valence-electron chi connectivity index (χ3n) is 5.41. The van der Waals surface area contributed by atoms with Gasteiger partial charge in [0, 0.05) is 17.7 Å². The zero-order valence-corrected chi connectivity index (χ0v) is 19.1. The molecule has 3 nitrogen and oxygen atoms in total. The van der Waals surface area contributed by atoms with E-state index in [4.69, 9.17) is 9.42 Å². The molecule has 0 bridgehead atoms. The Morgan fingerprint density at radius 2 is 1.85 bits per heavy atom. The molecule has 1 aliphatic heterocycles. The minimum Gasteiger partial charge on any atom is -0.415 e. The molecule has 2 rings (SSSR count). The molecule has 1 aliphatic rings. The lowest BCUT2D eigenvalue weighted by Gasteiger charge is -2.40. The fourth-order valence-electron chi connectivity index (χ4n) is 2.50. The van der Waals surface area contributed by atoms with Gasteiger partial charge in [0.05, 0.1) is 12.6 Å². The Balaban J connectivity index is 2.00. The highest BCUT2D eigenvalue weighted by Crippen LogP contribution is 2.38. The molecule has 3 atom stereocenters. The Labute approximate surface area is 165 Å². The normalized spacial score (nSPS) is 20.3. The van der Waals surface area contributed by atoms with Crippen molar-refractivity contribution in [3.05, 3.63) is 48.2 Å². The summed E-state index contributed by atoms with van der Waals surface area (Å²) in [6, 6.07) is 10.9. The van der Waals surface area contributed by atoms with Crippen molar-refractivity contribution in [2.45, 2.75) is 69.5 Å². The summed E-state index contributed by atoms with van der Waals surface area (Å²) in [5, 5.41) is 0.624. The third kappa shape index (κ3) is 5.48. The van der Waals surface area contributed by atoms with E-state index in [1.165, 1.54) is 5.56 Å². The Morgan fingerprint density at radius 1 is 1.19 bits per heavy atom. The van der Waals surface area contributed by atoms with Gasteiger partial charge in [-0.1, -0.05) is 51.1 Å². The molecule has 0 radical (unpaired) electrons. The number of rotatable bonds is 7. The van der Waals surface area contributed by atoms with Crippen molar-refractivity contribution in [1.82, 2.24) is 4.90 Å². The fourth-order valence-corrected chi connectivity index (χ4v) is 4.83. The lowest BCUT2D eigenvalue weighted by molar-refractivity contribution is 0.172. The smallest absolute Gasteiger partial charge is 0.192 e. The molecule has 144 valence electrons. The summed E-state index contributed by atoms with van der Waals surface area (Å²) in [7, 11) is -1.73. The van der Waals surface area contributed by atoms with Crippen LogP contribution in [0, 0.1) is 0 Å². The van der Waals surface area contributed by atoms with Gasteiger partial charge in [-0.05, 0) is 43.6 Å². The quantitative estimate of drug-likeness (QED) is 0.528. The molecule has 0 aromatic heterocycles. The molecule has 1 aromatic carbocycles. The average molecular weight is 391 g/mol. The van der Waals surface area contributed by atoms with Crippen LogP contribution in [0.4, 0.5) is 0 Å². The van der Waals surface area contributed by atoms with Crippen LogP contribution in [0.15, 0.2) is 47.6 Å². The van der Waals surface area contributed by atoms with Crippen LogP contribution < -0.4 is 0 Å². The Bertz CT molecular complexity index is 625. The van der Waals surface area contributed by atoms with Crippen molar-refractivity contribution in [1.29, 1.82) is 0 Å². The standard InChI is InChI=1S/C21H34N2OSSi/c1-17(16-24-26(6,7)21(3,4)5)23-15-11-14-22-20(23)25-18(2)19-12-9-8-10-13-19/h8-15,17-18,20H,16H2,1-7H3/t17-,18?,20?/m1/s1. The second-order valence-corrected chi connectivity index (χ2v) is 14.7. The maximum atomic E-state index is 6.45. The van der Waals surface area contributed by atoms with E-state index in [2.05, 4.69) is 89.1 Å². The Kier molecular flexibility index (Phi) is 7.17. The maximum Gasteiger partial charge on any atom is 0.192 e. The van der Waals surface area contributed by atoms with Crippen LogP contribution in [0.3, 0.4) is 0 Å². The first-order chi connectivity index (χ1) is 12.1. The molecule has 5 heteroatoms.